The summed E-state index contributed by atoms with van der Waals surface area (Å²) in [4.78, 5) is 26.1. The first kappa shape index (κ1) is 12.0. The van der Waals surface area contributed by atoms with E-state index >= 15 is 0 Å². The van der Waals surface area contributed by atoms with Crippen LogP contribution < -0.4 is 10.6 Å². The van der Waals surface area contributed by atoms with Gasteiger partial charge in [0.2, 0.25) is 0 Å². The number of pyridine rings is 1. The number of carbonyl (C=O) groups is 2. The normalized spacial score (nSPS) is 9.38. The molecule has 1 aromatic heterocycles. The number of amides is 2. The topological polar surface area (TPSA) is 80.3 Å². The Morgan fingerprint density at radius 2 is 2.25 bits per heavy atom. The van der Waals surface area contributed by atoms with Crippen molar-refractivity contribution in [3.05, 3.63) is 29.6 Å². The first-order valence-electron chi connectivity index (χ1n) is 4.66. The molecule has 2 N–H and O–H groups in total. The molecule has 0 spiro atoms. The molecule has 6 heteroatoms. The summed E-state index contributed by atoms with van der Waals surface area (Å²) in [6.45, 7) is 0.220. The van der Waals surface area contributed by atoms with Crippen molar-refractivity contribution in [3.63, 3.8) is 0 Å². The highest BCUT2D eigenvalue weighted by atomic mass is 16.5. The fourth-order valence-electron chi connectivity index (χ4n) is 1.10. The Kier molecular flexibility index (Phi) is 4.26. The summed E-state index contributed by atoms with van der Waals surface area (Å²) in [6.07, 6.45) is 0.978. The van der Waals surface area contributed by atoms with Crippen LogP contribution in [0.25, 0.3) is 0 Å². The van der Waals surface area contributed by atoms with E-state index in [0.29, 0.717) is 11.3 Å². The van der Waals surface area contributed by atoms with Gasteiger partial charge in [-0.2, -0.15) is 0 Å². The van der Waals surface area contributed by atoms with E-state index in [0.717, 1.165) is 0 Å². The van der Waals surface area contributed by atoms with Crippen LogP contribution in [0, 0.1) is 0 Å². The lowest BCUT2D eigenvalue weighted by molar-refractivity contribution is 0.0963. The lowest BCUT2D eigenvalue weighted by atomic mass is 10.2. The molecule has 2 amide bonds. The van der Waals surface area contributed by atoms with Gasteiger partial charge >= 0.3 is 6.09 Å². The van der Waals surface area contributed by atoms with Crippen LogP contribution in [-0.4, -0.2) is 31.1 Å². The number of rotatable bonds is 3. The number of nitrogens with one attached hydrogen (secondary N) is 2. The molecule has 1 aromatic rings. The first-order valence-corrected chi connectivity index (χ1v) is 4.66. The van der Waals surface area contributed by atoms with Crippen molar-refractivity contribution in [1.82, 2.24) is 15.6 Å². The molecule has 0 saturated carbocycles. The largest absolute Gasteiger partial charge is 0.453 e. The summed E-state index contributed by atoms with van der Waals surface area (Å²) in [6, 6.07) is 3.20. The van der Waals surface area contributed by atoms with Gasteiger partial charge in [-0.1, -0.05) is 0 Å². The van der Waals surface area contributed by atoms with E-state index in [1.165, 1.54) is 13.3 Å². The van der Waals surface area contributed by atoms with Crippen LogP contribution in [0.3, 0.4) is 0 Å². The van der Waals surface area contributed by atoms with Gasteiger partial charge in [0.25, 0.3) is 5.91 Å². The molecule has 16 heavy (non-hydrogen) atoms. The molecular weight excluding hydrogens is 210 g/mol. The molecular formula is C10H13N3O3. The quantitative estimate of drug-likeness (QED) is 0.772. The van der Waals surface area contributed by atoms with E-state index in [9.17, 15) is 9.59 Å². The molecule has 86 valence electrons. The maximum Gasteiger partial charge on any atom is 0.407 e. The van der Waals surface area contributed by atoms with Crippen molar-refractivity contribution in [3.8, 4) is 0 Å². The number of ether oxygens (including phenoxy) is 1. The van der Waals surface area contributed by atoms with Crippen LogP contribution in [0.4, 0.5) is 4.79 Å². The SMILES string of the molecule is CNC(=O)c1ccnc(CNC(=O)OC)c1. The zero-order chi connectivity index (χ0) is 12.0. The summed E-state index contributed by atoms with van der Waals surface area (Å²) in [5, 5.41) is 4.98. The molecule has 0 atom stereocenters. The highest BCUT2D eigenvalue weighted by Gasteiger charge is 2.05. The molecule has 0 radical (unpaired) electrons. The van der Waals surface area contributed by atoms with E-state index in [1.807, 2.05) is 0 Å². The lowest BCUT2D eigenvalue weighted by Gasteiger charge is -2.04. The van der Waals surface area contributed by atoms with Crippen molar-refractivity contribution in [2.75, 3.05) is 14.2 Å². The third-order valence-electron chi connectivity index (χ3n) is 1.91. The second-order valence-electron chi connectivity index (χ2n) is 2.96. The molecule has 0 aliphatic rings. The fourth-order valence-corrected chi connectivity index (χ4v) is 1.10. The maximum absolute atomic E-state index is 11.3. The Morgan fingerprint density at radius 1 is 1.50 bits per heavy atom. The Balaban J connectivity index is 2.67. The minimum Gasteiger partial charge on any atom is -0.453 e. The average molecular weight is 223 g/mol. The fraction of sp³-hybridized carbons (Fsp3) is 0.300. The minimum absolute atomic E-state index is 0.193. The van der Waals surface area contributed by atoms with Crippen molar-refractivity contribution >= 4 is 12.0 Å². The molecule has 0 saturated heterocycles. The predicted molar refractivity (Wildman–Crippen MR) is 56.9 cm³/mol. The molecule has 0 aromatic carbocycles. The molecule has 0 aliphatic heterocycles. The number of aromatic nitrogens is 1. The predicted octanol–water partition coefficient (Wildman–Crippen LogP) is 0.297. The van der Waals surface area contributed by atoms with Gasteiger partial charge in [-0.15, -0.1) is 0 Å². The molecule has 0 fully saturated rings. The number of hydrogen-bond acceptors (Lipinski definition) is 4. The summed E-state index contributed by atoms with van der Waals surface area (Å²) >= 11 is 0. The lowest BCUT2D eigenvalue weighted by Crippen LogP contribution is -2.23. The van der Waals surface area contributed by atoms with Crippen LogP contribution in [0.1, 0.15) is 16.1 Å². The summed E-state index contributed by atoms with van der Waals surface area (Å²) in [5.41, 5.74) is 1.09. The van der Waals surface area contributed by atoms with Crippen LogP contribution in [0.15, 0.2) is 18.3 Å². The van der Waals surface area contributed by atoms with Crippen LogP contribution in [0.5, 0.6) is 0 Å². The summed E-state index contributed by atoms with van der Waals surface area (Å²) in [5.74, 6) is -0.193. The summed E-state index contributed by atoms with van der Waals surface area (Å²) in [7, 11) is 2.83. The number of carbonyl (C=O) groups excluding carboxylic acids is 2. The molecule has 6 nitrogen and oxygen atoms in total. The van der Waals surface area contributed by atoms with Crippen LogP contribution in [-0.2, 0) is 11.3 Å². The Morgan fingerprint density at radius 3 is 2.88 bits per heavy atom. The smallest absolute Gasteiger partial charge is 0.407 e. The van der Waals surface area contributed by atoms with Gasteiger partial charge in [-0.25, -0.2) is 4.79 Å². The van der Waals surface area contributed by atoms with Gasteiger partial charge in [0, 0.05) is 18.8 Å². The second-order valence-corrected chi connectivity index (χ2v) is 2.96. The molecule has 0 bridgehead atoms. The van der Waals surface area contributed by atoms with Gasteiger partial charge in [0.1, 0.15) is 0 Å². The van der Waals surface area contributed by atoms with E-state index in [2.05, 4.69) is 20.4 Å². The van der Waals surface area contributed by atoms with Crippen LogP contribution in [0.2, 0.25) is 0 Å². The Hall–Kier alpha value is -2.11. The van der Waals surface area contributed by atoms with Gasteiger partial charge < -0.3 is 15.4 Å². The van der Waals surface area contributed by atoms with E-state index in [1.54, 1.807) is 19.2 Å². The monoisotopic (exact) mass is 223 g/mol. The Bertz CT molecular complexity index is 393. The van der Waals surface area contributed by atoms with Gasteiger partial charge in [0.05, 0.1) is 19.3 Å². The maximum atomic E-state index is 11.3. The third-order valence-corrected chi connectivity index (χ3v) is 1.91. The van der Waals surface area contributed by atoms with E-state index < -0.39 is 6.09 Å². The number of alkyl carbamates (subject to hydrolysis) is 1. The standard InChI is InChI=1S/C10H13N3O3/c1-11-9(14)7-3-4-12-8(5-7)6-13-10(15)16-2/h3-5H,6H2,1-2H3,(H,11,14)(H,13,15). The molecule has 0 aliphatic carbocycles. The molecule has 1 rings (SSSR count). The number of nitrogens with zero attached hydrogens (tertiary/aromatic N) is 1. The molecule has 1 heterocycles. The third kappa shape index (κ3) is 3.23. The Labute approximate surface area is 93.0 Å². The van der Waals surface area contributed by atoms with E-state index in [4.69, 9.17) is 0 Å². The highest BCUT2D eigenvalue weighted by Crippen LogP contribution is 2.01. The van der Waals surface area contributed by atoms with Gasteiger partial charge in [-0.05, 0) is 12.1 Å². The van der Waals surface area contributed by atoms with Crippen LogP contribution >= 0.6 is 0 Å². The first-order chi connectivity index (χ1) is 7.67. The van der Waals surface area contributed by atoms with Crippen molar-refractivity contribution in [2.24, 2.45) is 0 Å². The van der Waals surface area contributed by atoms with Gasteiger partial charge in [0.15, 0.2) is 0 Å². The number of hydrogen-bond donors (Lipinski definition) is 2. The summed E-state index contributed by atoms with van der Waals surface area (Å²) < 4.78 is 4.41. The van der Waals surface area contributed by atoms with Gasteiger partial charge in [-0.3, -0.25) is 9.78 Å². The van der Waals surface area contributed by atoms with E-state index in [-0.39, 0.29) is 12.5 Å². The minimum atomic E-state index is -0.535. The van der Waals surface area contributed by atoms with Crippen molar-refractivity contribution in [2.45, 2.75) is 6.54 Å². The zero-order valence-corrected chi connectivity index (χ0v) is 9.11. The zero-order valence-electron chi connectivity index (χ0n) is 9.11. The molecule has 0 unspecified atom stereocenters. The average Bonchev–Trinajstić information content (AvgIpc) is 2.35. The van der Waals surface area contributed by atoms with Crippen molar-refractivity contribution < 1.29 is 14.3 Å². The highest BCUT2D eigenvalue weighted by molar-refractivity contribution is 5.93. The van der Waals surface area contributed by atoms with Crippen molar-refractivity contribution in [1.29, 1.82) is 0 Å². The number of methoxy groups -OCH3 is 1. The second kappa shape index (κ2) is 5.69.